The number of amides is 3. The van der Waals surface area contributed by atoms with Gasteiger partial charge in [0, 0.05) is 35.3 Å². The van der Waals surface area contributed by atoms with Crippen LogP contribution in [0.25, 0.3) is 22.0 Å². The Morgan fingerprint density at radius 3 is 2.45 bits per heavy atom. The molecule has 0 bridgehead atoms. The van der Waals surface area contributed by atoms with Crippen LogP contribution in [0.1, 0.15) is 71.6 Å². The van der Waals surface area contributed by atoms with Gasteiger partial charge in [0.2, 0.25) is 27.7 Å². The van der Waals surface area contributed by atoms with Gasteiger partial charge in [-0.1, -0.05) is 50.1 Å². The average molecular weight is 805 g/mol. The van der Waals surface area contributed by atoms with Crippen molar-refractivity contribution in [2.75, 3.05) is 25.5 Å². The number of thiazole rings is 1. The highest BCUT2D eigenvalue weighted by Crippen LogP contribution is 2.44. The Morgan fingerprint density at radius 1 is 1.07 bits per heavy atom. The van der Waals surface area contributed by atoms with Crippen molar-refractivity contribution < 1.29 is 27.5 Å². The van der Waals surface area contributed by atoms with Gasteiger partial charge in [-0.3, -0.25) is 19.1 Å². The summed E-state index contributed by atoms with van der Waals surface area (Å²) < 4.78 is 30.6. The molecule has 0 radical (unpaired) electrons. The number of para-hydroxylation sites is 1. The lowest BCUT2D eigenvalue weighted by atomic mass is 10.1. The molecule has 3 heterocycles. The first-order valence-corrected chi connectivity index (χ1v) is 21.4. The van der Waals surface area contributed by atoms with Gasteiger partial charge in [-0.15, -0.1) is 11.3 Å². The number of primary amides is 1. The minimum atomic E-state index is -3.47. The van der Waals surface area contributed by atoms with Crippen molar-refractivity contribution in [3.05, 3.63) is 78.3 Å². The van der Waals surface area contributed by atoms with Gasteiger partial charge in [0.25, 0.3) is 0 Å². The first-order chi connectivity index (χ1) is 27.0. The molecule has 3 atom stereocenters. The molecule has 56 heavy (non-hydrogen) atoms. The minimum absolute atomic E-state index is 0.0832. The summed E-state index contributed by atoms with van der Waals surface area (Å²) in [6.07, 6.45) is 14.2. The lowest BCUT2D eigenvalue weighted by Gasteiger charge is -2.22. The fourth-order valence-corrected chi connectivity index (χ4v) is 8.08. The summed E-state index contributed by atoms with van der Waals surface area (Å²) in [4.78, 5) is 40.9. The standard InChI is InChI=1S/C15H25NO3S.C13H17N3O2.C12H10N4OS/c1-3-4-5-6-7-8-12-11-13(12)14(17)16-20(18,19)15(2)9-10-15;14-13(18)11-7-4-8-16(11)12(17)9-15-10-5-2-1-3-6-10;1-17-9-4-2-8(3-5-9)10-11(15-16-14-10)12-13-6-7-18-12/h7-8,12-13H,3-6,9-11H2,1-2H3,(H,16,17);1-3,5-6,11,15H,4,7-9H2,(H2,14,18);2-7H,1H3,(H,14,15,16)/b8-7-;;/t12-,13+;11-;/m10./s1. The second-order valence-corrected chi connectivity index (χ2v) is 17.4. The lowest BCUT2D eigenvalue weighted by Crippen LogP contribution is -2.45. The Labute approximate surface area is 332 Å². The lowest BCUT2D eigenvalue weighted by molar-refractivity contribution is -0.135. The van der Waals surface area contributed by atoms with E-state index in [9.17, 15) is 22.8 Å². The molecule has 14 nitrogen and oxygen atoms in total. The van der Waals surface area contributed by atoms with E-state index in [-0.39, 0.29) is 30.2 Å². The summed E-state index contributed by atoms with van der Waals surface area (Å²) in [5.74, 6) is 0.0912. The van der Waals surface area contributed by atoms with Crippen LogP contribution in [0.4, 0.5) is 5.69 Å². The van der Waals surface area contributed by atoms with E-state index in [2.05, 4.69) is 49.5 Å². The van der Waals surface area contributed by atoms with Gasteiger partial charge in [-0.25, -0.2) is 13.4 Å². The normalized spacial score (nSPS) is 19.2. The number of carbonyl (C=O) groups excluding carboxylic acids is 3. The van der Waals surface area contributed by atoms with Crippen LogP contribution < -0.4 is 20.5 Å². The van der Waals surface area contributed by atoms with Gasteiger partial charge in [-0.2, -0.15) is 15.4 Å². The zero-order valence-electron chi connectivity index (χ0n) is 32.1. The van der Waals surface area contributed by atoms with E-state index < -0.39 is 26.7 Å². The number of likely N-dealkylation sites (tertiary alicyclic amines) is 1. The zero-order valence-corrected chi connectivity index (χ0v) is 33.8. The minimum Gasteiger partial charge on any atom is -0.497 e. The van der Waals surface area contributed by atoms with E-state index in [1.165, 1.54) is 30.6 Å². The quantitative estimate of drug-likeness (QED) is 0.0824. The molecule has 7 rings (SSSR count). The first-order valence-electron chi connectivity index (χ1n) is 19.0. The van der Waals surface area contributed by atoms with E-state index in [1.54, 1.807) is 25.1 Å². The highest BCUT2D eigenvalue weighted by molar-refractivity contribution is 7.91. The molecule has 1 saturated heterocycles. The molecule has 3 fully saturated rings. The van der Waals surface area contributed by atoms with Crippen LogP contribution in [0.5, 0.6) is 5.75 Å². The molecule has 0 spiro atoms. The van der Waals surface area contributed by atoms with Gasteiger partial charge < -0.3 is 20.7 Å². The Bertz CT molecular complexity index is 2020. The van der Waals surface area contributed by atoms with Gasteiger partial charge >= 0.3 is 0 Å². The van der Waals surface area contributed by atoms with Gasteiger partial charge in [0.15, 0.2) is 0 Å². The largest absolute Gasteiger partial charge is 0.497 e. The van der Waals surface area contributed by atoms with Crippen LogP contribution in [-0.2, 0) is 24.4 Å². The number of aromatic nitrogens is 4. The smallest absolute Gasteiger partial charge is 0.242 e. The number of hydrogen-bond donors (Lipinski definition) is 4. The van der Waals surface area contributed by atoms with Gasteiger partial charge in [-0.05, 0) is 94.2 Å². The fraction of sp³-hybridized carbons (Fsp3) is 0.450. The number of aromatic amines is 1. The molecule has 300 valence electrons. The molecule has 2 aromatic carbocycles. The number of carbonyl (C=O) groups is 3. The third-order valence-electron chi connectivity index (χ3n) is 10.0. The zero-order chi connectivity index (χ0) is 40.1. The van der Waals surface area contributed by atoms with Gasteiger partial charge in [0.05, 0.1) is 18.4 Å². The van der Waals surface area contributed by atoms with Crippen LogP contribution >= 0.6 is 11.3 Å². The summed E-state index contributed by atoms with van der Waals surface area (Å²) in [5, 5.41) is 16.8. The SMILES string of the molecule is CCCCC/C=C\[C@@H]1C[C@@H]1C(=O)NS(=O)(=O)C1(C)CC1.COc1ccc(-c2n[nH]nc2-c2nccs2)cc1.NC(=O)[C@@H]1CCCN1C(=O)CNc1ccccc1. The molecule has 2 aliphatic carbocycles. The molecule has 16 heteroatoms. The van der Waals surface area contributed by atoms with Crippen molar-refractivity contribution in [1.29, 1.82) is 0 Å². The van der Waals surface area contributed by atoms with Crippen LogP contribution in [0.15, 0.2) is 78.3 Å². The number of unbranched alkanes of at least 4 members (excludes halogenated alkanes) is 3. The van der Waals surface area contributed by atoms with Crippen molar-refractivity contribution in [1.82, 2.24) is 30.0 Å². The summed E-state index contributed by atoms with van der Waals surface area (Å²) in [6.45, 7) is 4.67. The molecular formula is C40H52N8O6S2. The second kappa shape index (κ2) is 19.7. The van der Waals surface area contributed by atoms with E-state index in [0.717, 1.165) is 52.7 Å². The summed E-state index contributed by atoms with van der Waals surface area (Å²) in [5.41, 5.74) is 8.72. The van der Waals surface area contributed by atoms with Crippen molar-refractivity contribution in [2.45, 2.75) is 82.4 Å². The predicted octanol–water partition coefficient (Wildman–Crippen LogP) is 5.94. The van der Waals surface area contributed by atoms with Crippen molar-refractivity contribution in [2.24, 2.45) is 17.6 Å². The maximum Gasteiger partial charge on any atom is 0.242 e. The number of nitrogens with one attached hydrogen (secondary N) is 3. The topological polar surface area (TPSA) is 202 Å². The summed E-state index contributed by atoms with van der Waals surface area (Å²) >= 11 is 1.54. The molecule has 2 saturated carbocycles. The van der Waals surface area contributed by atoms with E-state index in [1.807, 2.05) is 60.0 Å². The monoisotopic (exact) mass is 804 g/mol. The summed E-state index contributed by atoms with van der Waals surface area (Å²) in [7, 11) is -1.83. The van der Waals surface area contributed by atoms with Crippen LogP contribution in [-0.4, -0.2) is 82.4 Å². The number of sulfonamides is 1. The molecule has 1 aliphatic heterocycles. The fourth-order valence-electron chi connectivity index (χ4n) is 6.15. The third kappa shape index (κ3) is 11.5. The number of rotatable bonds is 15. The van der Waals surface area contributed by atoms with Crippen molar-refractivity contribution in [3.8, 4) is 27.7 Å². The molecule has 4 aromatic rings. The number of methoxy groups -OCH3 is 1. The average Bonchev–Trinajstić information content (AvgIpc) is 3.83. The van der Waals surface area contributed by atoms with Crippen LogP contribution in [0, 0.1) is 11.8 Å². The molecule has 3 amide bonds. The number of nitrogens with zero attached hydrogens (tertiary/aromatic N) is 4. The molecule has 3 aliphatic rings. The Kier molecular flexibility index (Phi) is 14.8. The number of benzene rings is 2. The van der Waals surface area contributed by atoms with E-state index in [4.69, 9.17) is 10.5 Å². The number of nitrogens with two attached hydrogens (primary N) is 1. The number of ether oxygens (including phenoxy) is 1. The van der Waals surface area contributed by atoms with Crippen LogP contribution in [0.3, 0.4) is 0 Å². The summed E-state index contributed by atoms with van der Waals surface area (Å²) in [6, 6.07) is 16.8. The maximum absolute atomic E-state index is 12.0. The van der Waals surface area contributed by atoms with E-state index in [0.29, 0.717) is 25.8 Å². The Hall–Kier alpha value is -5.09. The second-order valence-electron chi connectivity index (χ2n) is 14.3. The molecule has 0 unspecified atom stereocenters. The highest BCUT2D eigenvalue weighted by Gasteiger charge is 2.52. The predicted molar refractivity (Wildman–Crippen MR) is 218 cm³/mol. The molecule has 5 N–H and O–H groups in total. The highest BCUT2D eigenvalue weighted by atomic mass is 32.2. The number of hydrogen-bond acceptors (Lipinski definition) is 11. The number of anilines is 1. The first kappa shape index (κ1) is 42.1. The molecule has 2 aromatic heterocycles. The van der Waals surface area contributed by atoms with Crippen LogP contribution in [0.2, 0.25) is 0 Å². The maximum atomic E-state index is 12.0. The Balaban J connectivity index is 0.000000161. The number of allylic oxidation sites excluding steroid dienone is 2. The van der Waals surface area contributed by atoms with E-state index >= 15 is 0 Å². The Morgan fingerprint density at radius 2 is 1.80 bits per heavy atom. The van der Waals surface area contributed by atoms with Crippen molar-refractivity contribution >= 4 is 44.8 Å². The molecular weight excluding hydrogens is 753 g/mol. The van der Waals surface area contributed by atoms with Gasteiger partial charge in [0.1, 0.15) is 28.2 Å². The number of H-pyrrole nitrogens is 1. The third-order valence-corrected chi connectivity index (χ3v) is 13.0. The van der Waals surface area contributed by atoms with Crippen molar-refractivity contribution in [3.63, 3.8) is 0 Å².